The quantitative estimate of drug-likeness (QED) is 0.599. The normalized spacial score (nSPS) is 15.5. The SMILES string of the molecule is Cc1cc(Cl)ccc1Nc1nc(NC2CCCCCC2)nc2nccnc12. The summed E-state index contributed by atoms with van der Waals surface area (Å²) >= 11 is 6.08. The van der Waals surface area contributed by atoms with Gasteiger partial charge in [0, 0.05) is 29.1 Å². The van der Waals surface area contributed by atoms with E-state index in [0.717, 1.165) is 24.1 Å². The summed E-state index contributed by atoms with van der Waals surface area (Å²) in [5.41, 5.74) is 3.21. The highest BCUT2D eigenvalue weighted by atomic mass is 35.5. The number of aromatic nitrogens is 4. The van der Waals surface area contributed by atoms with Crippen molar-refractivity contribution >= 4 is 40.2 Å². The van der Waals surface area contributed by atoms with Gasteiger partial charge in [-0.1, -0.05) is 37.3 Å². The van der Waals surface area contributed by atoms with Crippen molar-refractivity contribution in [3.63, 3.8) is 0 Å². The number of halogens is 1. The second kappa shape index (κ2) is 8.05. The molecular formula is C20H23ClN6. The molecule has 0 radical (unpaired) electrons. The van der Waals surface area contributed by atoms with Crippen molar-refractivity contribution < 1.29 is 0 Å². The average molecular weight is 383 g/mol. The largest absolute Gasteiger partial charge is 0.351 e. The van der Waals surface area contributed by atoms with Crippen molar-refractivity contribution in [2.45, 2.75) is 51.5 Å². The Morgan fingerprint density at radius 3 is 2.56 bits per heavy atom. The lowest BCUT2D eigenvalue weighted by Crippen LogP contribution is -2.20. The first-order valence-corrected chi connectivity index (χ1v) is 9.85. The highest BCUT2D eigenvalue weighted by Gasteiger charge is 2.16. The molecule has 0 aliphatic heterocycles. The predicted octanol–water partition coefficient (Wildman–Crippen LogP) is 5.26. The van der Waals surface area contributed by atoms with Gasteiger partial charge in [-0.2, -0.15) is 9.97 Å². The number of nitrogens with one attached hydrogen (secondary N) is 2. The van der Waals surface area contributed by atoms with Crippen molar-refractivity contribution in [3.05, 3.63) is 41.2 Å². The molecule has 2 aromatic heterocycles. The molecule has 2 heterocycles. The molecule has 0 unspecified atom stereocenters. The lowest BCUT2D eigenvalue weighted by molar-refractivity contribution is 0.615. The second-order valence-corrected chi connectivity index (χ2v) is 7.48. The zero-order valence-corrected chi connectivity index (χ0v) is 16.1. The minimum absolute atomic E-state index is 0.409. The Morgan fingerprint density at radius 2 is 1.78 bits per heavy atom. The molecule has 4 rings (SSSR count). The van der Waals surface area contributed by atoms with Crippen LogP contribution in [0, 0.1) is 6.92 Å². The van der Waals surface area contributed by atoms with Gasteiger partial charge in [-0.05, 0) is 43.5 Å². The number of benzene rings is 1. The minimum Gasteiger partial charge on any atom is -0.351 e. The number of hydrogen-bond donors (Lipinski definition) is 2. The van der Waals surface area contributed by atoms with E-state index in [4.69, 9.17) is 16.6 Å². The van der Waals surface area contributed by atoms with E-state index in [1.165, 1.54) is 25.7 Å². The maximum atomic E-state index is 6.08. The average Bonchev–Trinajstić information content (AvgIpc) is 2.93. The van der Waals surface area contributed by atoms with Crippen LogP contribution in [0.25, 0.3) is 11.2 Å². The molecule has 0 bridgehead atoms. The van der Waals surface area contributed by atoms with Crippen molar-refractivity contribution in [2.75, 3.05) is 10.6 Å². The first kappa shape index (κ1) is 17.9. The predicted molar refractivity (Wildman–Crippen MR) is 110 cm³/mol. The summed E-state index contributed by atoms with van der Waals surface area (Å²) in [5.74, 6) is 1.25. The molecule has 3 aromatic rings. The van der Waals surface area contributed by atoms with Crippen LogP contribution in [0.1, 0.15) is 44.1 Å². The number of rotatable bonds is 4. The lowest BCUT2D eigenvalue weighted by Gasteiger charge is -2.17. The van der Waals surface area contributed by atoms with Gasteiger partial charge >= 0.3 is 0 Å². The maximum absolute atomic E-state index is 6.08. The van der Waals surface area contributed by atoms with Crippen molar-refractivity contribution in [1.29, 1.82) is 0 Å². The second-order valence-electron chi connectivity index (χ2n) is 7.04. The summed E-state index contributed by atoms with van der Waals surface area (Å²) in [4.78, 5) is 18.1. The first-order chi connectivity index (χ1) is 13.2. The van der Waals surface area contributed by atoms with E-state index in [2.05, 4.69) is 25.6 Å². The Labute approximate surface area is 163 Å². The van der Waals surface area contributed by atoms with Gasteiger partial charge in [0.05, 0.1) is 0 Å². The monoisotopic (exact) mass is 382 g/mol. The zero-order chi connectivity index (χ0) is 18.6. The highest BCUT2D eigenvalue weighted by molar-refractivity contribution is 6.30. The van der Waals surface area contributed by atoms with E-state index in [1.807, 2.05) is 25.1 Å². The lowest BCUT2D eigenvalue weighted by atomic mass is 10.1. The molecule has 2 N–H and O–H groups in total. The van der Waals surface area contributed by atoms with Crippen LogP contribution in [0.4, 0.5) is 17.5 Å². The fraction of sp³-hybridized carbons (Fsp3) is 0.400. The Kier molecular flexibility index (Phi) is 5.34. The van der Waals surface area contributed by atoms with Crippen LogP contribution >= 0.6 is 11.6 Å². The molecule has 6 nitrogen and oxygen atoms in total. The number of fused-ring (bicyclic) bond motifs is 1. The molecule has 1 aliphatic rings. The van der Waals surface area contributed by atoms with Crippen LogP contribution in [0.5, 0.6) is 0 Å². The third-order valence-electron chi connectivity index (χ3n) is 4.96. The first-order valence-electron chi connectivity index (χ1n) is 9.47. The third-order valence-corrected chi connectivity index (χ3v) is 5.20. The molecule has 1 aromatic carbocycles. The summed E-state index contributed by atoms with van der Waals surface area (Å²) in [5, 5.41) is 7.60. The third kappa shape index (κ3) is 4.27. The summed E-state index contributed by atoms with van der Waals surface area (Å²) in [7, 11) is 0. The summed E-state index contributed by atoms with van der Waals surface area (Å²) in [6, 6.07) is 6.13. The Hall–Kier alpha value is -2.47. The number of hydrogen-bond acceptors (Lipinski definition) is 6. The molecule has 0 saturated heterocycles. The van der Waals surface area contributed by atoms with Gasteiger partial charge < -0.3 is 10.6 Å². The molecule has 27 heavy (non-hydrogen) atoms. The maximum Gasteiger partial charge on any atom is 0.227 e. The molecule has 140 valence electrons. The molecule has 7 heteroatoms. The van der Waals surface area contributed by atoms with Crippen LogP contribution in [-0.2, 0) is 0 Å². The Morgan fingerprint density at radius 1 is 1.00 bits per heavy atom. The van der Waals surface area contributed by atoms with E-state index < -0.39 is 0 Å². The fourth-order valence-electron chi connectivity index (χ4n) is 3.52. The molecule has 1 aliphatic carbocycles. The van der Waals surface area contributed by atoms with Crippen molar-refractivity contribution in [2.24, 2.45) is 0 Å². The topological polar surface area (TPSA) is 75.6 Å². The van der Waals surface area contributed by atoms with Gasteiger partial charge in [0.25, 0.3) is 0 Å². The van der Waals surface area contributed by atoms with E-state index in [-0.39, 0.29) is 0 Å². The van der Waals surface area contributed by atoms with Gasteiger partial charge in [-0.25, -0.2) is 9.97 Å². The van der Waals surface area contributed by atoms with E-state index >= 15 is 0 Å². The molecule has 0 spiro atoms. The van der Waals surface area contributed by atoms with Crippen LogP contribution in [-0.4, -0.2) is 26.0 Å². The molecular weight excluding hydrogens is 360 g/mol. The van der Waals surface area contributed by atoms with Gasteiger partial charge in [0.15, 0.2) is 17.0 Å². The zero-order valence-electron chi connectivity index (χ0n) is 15.4. The Balaban J connectivity index is 1.67. The number of nitrogens with zero attached hydrogens (tertiary/aromatic N) is 4. The molecule has 1 fully saturated rings. The summed E-state index contributed by atoms with van der Waals surface area (Å²) in [6.07, 6.45) is 10.7. The highest BCUT2D eigenvalue weighted by Crippen LogP contribution is 2.27. The van der Waals surface area contributed by atoms with Gasteiger partial charge in [0.1, 0.15) is 0 Å². The smallest absolute Gasteiger partial charge is 0.227 e. The van der Waals surface area contributed by atoms with Crippen LogP contribution in [0.15, 0.2) is 30.6 Å². The van der Waals surface area contributed by atoms with E-state index in [0.29, 0.717) is 34.0 Å². The van der Waals surface area contributed by atoms with Gasteiger partial charge in [-0.15, -0.1) is 0 Å². The fourth-order valence-corrected chi connectivity index (χ4v) is 3.74. The van der Waals surface area contributed by atoms with E-state index in [1.54, 1.807) is 12.4 Å². The minimum atomic E-state index is 0.409. The van der Waals surface area contributed by atoms with Gasteiger partial charge in [0.2, 0.25) is 5.95 Å². The Bertz CT molecular complexity index is 937. The number of aryl methyl sites for hydroxylation is 1. The molecule has 1 saturated carbocycles. The number of anilines is 3. The molecule has 0 amide bonds. The molecule has 0 atom stereocenters. The van der Waals surface area contributed by atoms with Crippen molar-refractivity contribution in [3.8, 4) is 0 Å². The summed E-state index contributed by atoms with van der Waals surface area (Å²) < 4.78 is 0. The summed E-state index contributed by atoms with van der Waals surface area (Å²) in [6.45, 7) is 2.01. The van der Waals surface area contributed by atoms with Crippen LogP contribution < -0.4 is 10.6 Å². The van der Waals surface area contributed by atoms with Crippen LogP contribution in [0.2, 0.25) is 5.02 Å². The van der Waals surface area contributed by atoms with Crippen molar-refractivity contribution in [1.82, 2.24) is 19.9 Å². The van der Waals surface area contributed by atoms with Crippen LogP contribution in [0.3, 0.4) is 0 Å². The standard InChI is InChI=1S/C20H23ClN6/c1-13-12-14(21)8-9-16(13)25-19-17-18(23-11-10-22-17)26-20(27-19)24-15-6-4-2-3-5-7-15/h8-12,15H,2-7H2,1H3,(H2,23,24,25,26,27). The van der Waals surface area contributed by atoms with E-state index in [9.17, 15) is 0 Å². The van der Waals surface area contributed by atoms with Gasteiger partial charge in [-0.3, -0.25) is 0 Å².